The van der Waals surface area contributed by atoms with E-state index in [0.29, 0.717) is 11.3 Å². The predicted molar refractivity (Wildman–Crippen MR) is 82.0 cm³/mol. The second-order valence-electron chi connectivity index (χ2n) is 4.32. The van der Waals surface area contributed by atoms with Gasteiger partial charge in [0.05, 0.1) is 5.56 Å². The van der Waals surface area contributed by atoms with E-state index in [1.54, 1.807) is 31.2 Å². The minimum absolute atomic E-state index is 0.0141. The zero-order valence-electron chi connectivity index (χ0n) is 11.7. The Morgan fingerprint density at radius 2 is 2.14 bits per heavy atom. The third-order valence-corrected chi connectivity index (χ3v) is 2.77. The molecule has 0 spiro atoms. The normalized spacial score (nSPS) is 11.1. The topological polar surface area (TPSA) is 104 Å². The predicted octanol–water partition coefficient (Wildman–Crippen LogP) is 3.12. The molecular weight excluding hydrogens is 286 g/mol. The highest BCUT2D eigenvalue weighted by Crippen LogP contribution is 2.21. The molecule has 0 saturated heterocycles. The number of aromatic hydroxyl groups is 1. The maximum absolute atomic E-state index is 11.8. The largest absolute Gasteiger partial charge is 0.507 e. The number of nitrogens with zero attached hydrogens (tertiary/aromatic N) is 2. The Kier molecular flexibility index (Phi) is 4.81. The average Bonchev–Trinajstić information content (AvgIpc) is 2.97. The summed E-state index contributed by atoms with van der Waals surface area (Å²) in [6.07, 6.45) is 4.40. The summed E-state index contributed by atoms with van der Waals surface area (Å²) < 4.78 is 5.01. The number of furan rings is 1. The molecule has 2 aromatic rings. The van der Waals surface area contributed by atoms with Gasteiger partial charge in [0, 0.05) is 17.5 Å². The zero-order valence-corrected chi connectivity index (χ0v) is 11.7. The minimum atomic E-state index is -0.517. The summed E-state index contributed by atoms with van der Waals surface area (Å²) in [4.78, 5) is 22.0. The van der Waals surface area contributed by atoms with Crippen molar-refractivity contribution in [3.63, 3.8) is 0 Å². The van der Waals surface area contributed by atoms with Gasteiger partial charge in [-0.25, -0.2) is 5.43 Å². The lowest BCUT2D eigenvalue weighted by Crippen LogP contribution is -2.17. The van der Waals surface area contributed by atoms with Crippen molar-refractivity contribution in [3.05, 3.63) is 58.2 Å². The molecule has 1 amide bonds. The molecule has 1 heterocycles. The molecule has 0 radical (unpaired) electrons. The Morgan fingerprint density at radius 1 is 1.32 bits per heavy atom. The number of carbonyl (C=O) groups is 1. The van der Waals surface area contributed by atoms with Gasteiger partial charge >= 0.3 is 0 Å². The molecule has 7 nitrogen and oxygen atoms in total. The number of phenols is 1. The third kappa shape index (κ3) is 3.66. The van der Waals surface area contributed by atoms with E-state index in [0.717, 1.165) is 0 Å². The molecule has 0 aliphatic carbocycles. The van der Waals surface area contributed by atoms with Crippen LogP contribution < -0.4 is 5.43 Å². The number of para-hydroxylation sites is 1. The highest BCUT2D eigenvalue weighted by atomic mass is 16.4. The van der Waals surface area contributed by atoms with Gasteiger partial charge < -0.3 is 9.52 Å². The minimum Gasteiger partial charge on any atom is -0.507 e. The van der Waals surface area contributed by atoms with Gasteiger partial charge in [-0.05, 0) is 36.8 Å². The molecule has 112 valence electrons. The van der Waals surface area contributed by atoms with E-state index in [2.05, 4.69) is 15.7 Å². The second-order valence-corrected chi connectivity index (χ2v) is 4.32. The van der Waals surface area contributed by atoms with Crippen molar-refractivity contribution in [2.75, 3.05) is 0 Å². The Labute approximate surface area is 125 Å². The van der Waals surface area contributed by atoms with Crippen molar-refractivity contribution in [3.8, 4) is 5.75 Å². The SMILES string of the molecule is Cc1cccc(C(=O)N/N=C/C=C/c2ccc(N=O)o2)c1O. The molecule has 2 N–H and O–H groups in total. The second kappa shape index (κ2) is 6.98. The summed E-state index contributed by atoms with van der Waals surface area (Å²) in [6.45, 7) is 1.70. The monoisotopic (exact) mass is 299 g/mol. The molecule has 1 aromatic heterocycles. The molecule has 0 unspecified atom stereocenters. The summed E-state index contributed by atoms with van der Waals surface area (Å²) in [5, 5.41) is 16.1. The molecular formula is C15H13N3O4. The molecule has 2 rings (SSSR count). The number of amides is 1. The van der Waals surface area contributed by atoms with Crippen molar-refractivity contribution in [1.29, 1.82) is 0 Å². The lowest BCUT2D eigenvalue weighted by Gasteiger charge is -2.04. The van der Waals surface area contributed by atoms with Gasteiger partial charge in [-0.2, -0.15) is 5.10 Å². The van der Waals surface area contributed by atoms with E-state index in [-0.39, 0.29) is 17.2 Å². The number of hydrazone groups is 1. The molecule has 0 aliphatic heterocycles. The van der Waals surface area contributed by atoms with E-state index in [4.69, 9.17) is 4.42 Å². The first-order chi connectivity index (χ1) is 10.6. The van der Waals surface area contributed by atoms with Crippen LogP contribution in [-0.2, 0) is 0 Å². The van der Waals surface area contributed by atoms with Gasteiger partial charge in [-0.3, -0.25) is 4.79 Å². The molecule has 0 fully saturated rings. The maximum Gasteiger partial charge on any atom is 0.275 e. The number of hydrogen-bond donors (Lipinski definition) is 2. The van der Waals surface area contributed by atoms with Crippen LogP contribution in [0.15, 0.2) is 51.1 Å². The van der Waals surface area contributed by atoms with Crippen LogP contribution in [0.2, 0.25) is 0 Å². The quantitative estimate of drug-likeness (QED) is 0.502. The first kappa shape index (κ1) is 15.2. The summed E-state index contributed by atoms with van der Waals surface area (Å²) in [7, 11) is 0. The van der Waals surface area contributed by atoms with Crippen LogP contribution >= 0.6 is 0 Å². The summed E-state index contributed by atoms with van der Waals surface area (Å²) in [6, 6.07) is 7.88. The number of rotatable bonds is 5. The summed E-state index contributed by atoms with van der Waals surface area (Å²) in [5.74, 6) is -0.171. The van der Waals surface area contributed by atoms with Crippen LogP contribution in [0.4, 0.5) is 5.88 Å². The Bertz CT molecular complexity index is 747. The summed E-state index contributed by atoms with van der Waals surface area (Å²) >= 11 is 0. The maximum atomic E-state index is 11.8. The zero-order chi connectivity index (χ0) is 15.9. The van der Waals surface area contributed by atoms with E-state index < -0.39 is 5.91 Å². The van der Waals surface area contributed by atoms with Crippen LogP contribution in [0.1, 0.15) is 21.7 Å². The van der Waals surface area contributed by atoms with Gasteiger partial charge in [-0.1, -0.05) is 12.1 Å². The molecule has 7 heteroatoms. The van der Waals surface area contributed by atoms with Crippen LogP contribution in [0, 0.1) is 11.8 Å². The van der Waals surface area contributed by atoms with Crippen molar-refractivity contribution in [1.82, 2.24) is 5.43 Å². The molecule has 0 saturated carbocycles. The number of benzene rings is 1. The molecule has 0 bridgehead atoms. The first-order valence-corrected chi connectivity index (χ1v) is 6.33. The van der Waals surface area contributed by atoms with Gasteiger partial charge in [0.1, 0.15) is 11.5 Å². The fourth-order valence-electron chi connectivity index (χ4n) is 1.66. The highest BCUT2D eigenvalue weighted by Gasteiger charge is 2.11. The van der Waals surface area contributed by atoms with Gasteiger partial charge in [-0.15, -0.1) is 4.91 Å². The van der Waals surface area contributed by atoms with E-state index in [1.165, 1.54) is 24.4 Å². The van der Waals surface area contributed by atoms with Crippen LogP contribution in [0.3, 0.4) is 0 Å². The number of phenolic OH excluding ortho intramolecular Hbond substituents is 1. The van der Waals surface area contributed by atoms with Crippen LogP contribution in [-0.4, -0.2) is 17.2 Å². The standard InChI is InChI=1S/C15H13N3O4/c1-10-4-2-6-12(14(10)19)15(20)17-16-9-3-5-11-7-8-13(18-21)22-11/h2-9,19H,1H3,(H,17,20)/b5-3+,16-9+. The molecule has 1 aromatic carbocycles. The molecule has 22 heavy (non-hydrogen) atoms. The average molecular weight is 299 g/mol. The van der Waals surface area contributed by atoms with Gasteiger partial charge in [0.25, 0.3) is 11.8 Å². The first-order valence-electron chi connectivity index (χ1n) is 6.33. The van der Waals surface area contributed by atoms with Crippen molar-refractivity contribution < 1.29 is 14.3 Å². The van der Waals surface area contributed by atoms with Crippen LogP contribution in [0.5, 0.6) is 5.75 Å². The van der Waals surface area contributed by atoms with Crippen molar-refractivity contribution in [2.45, 2.75) is 6.92 Å². The lowest BCUT2D eigenvalue weighted by atomic mass is 10.1. The highest BCUT2D eigenvalue weighted by molar-refractivity contribution is 5.97. The Morgan fingerprint density at radius 3 is 2.86 bits per heavy atom. The smallest absolute Gasteiger partial charge is 0.275 e. The number of carbonyl (C=O) groups excluding carboxylic acids is 1. The molecule has 0 aliphatic rings. The number of nitroso groups, excluding NO2 is 1. The summed E-state index contributed by atoms with van der Waals surface area (Å²) in [5.41, 5.74) is 3.04. The number of nitrogens with one attached hydrogen (secondary N) is 1. The number of allylic oxidation sites excluding steroid dienone is 1. The fourth-order valence-corrected chi connectivity index (χ4v) is 1.66. The van der Waals surface area contributed by atoms with Crippen molar-refractivity contribution in [2.24, 2.45) is 10.3 Å². The third-order valence-electron chi connectivity index (χ3n) is 2.77. The molecule has 0 atom stereocenters. The van der Waals surface area contributed by atoms with Gasteiger partial charge in [0.2, 0.25) is 0 Å². The van der Waals surface area contributed by atoms with E-state index >= 15 is 0 Å². The number of hydrogen-bond acceptors (Lipinski definition) is 6. The lowest BCUT2D eigenvalue weighted by molar-refractivity contribution is 0.0952. The van der Waals surface area contributed by atoms with E-state index in [9.17, 15) is 14.8 Å². The van der Waals surface area contributed by atoms with Crippen molar-refractivity contribution >= 4 is 24.1 Å². The Hall–Kier alpha value is -3.22. The fraction of sp³-hybridized carbons (Fsp3) is 0.0667. The van der Waals surface area contributed by atoms with Gasteiger partial charge in [0.15, 0.2) is 0 Å². The number of aryl methyl sites for hydroxylation is 1. The van der Waals surface area contributed by atoms with Crippen LogP contribution in [0.25, 0.3) is 6.08 Å². The van der Waals surface area contributed by atoms with E-state index in [1.807, 2.05) is 0 Å². The Balaban J connectivity index is 1.93.